The first-order valence-electron chi connectivity index (χ1n) is 17.7. The SMILES string of the molecule is Cc1nc2c(cc(-c3ccnc(C(=O)N4CCN(c5ccccc5)CC4)c3)n2C)c(-c2cc(F)c3c(c2C)CCCO3)c1[C@H](OC(C)(C)C)C(=O)O. The first-order chi connectivity index (χ1) is 24.8. The smallest absolute Gasteiger partial charge is 0.337 e. The number of nitrogens with zero attached hydrogens (tertiary/aromatic N) is 5. The van der Waals surface area contributed by atoms with Crippen molar-refractivity contribution in [3.63, 3.8) is 0 Å². The predicted octanol–water partition coefficient (Wildman–Crippen LogP) is 7.29. The van der Waals surface area contributed by atoms with E-state index in [4.69, 9.17) is 14.5 Å². The number of amides is 1. The van der Waals surface area contributed by atoms with E-state index in [-0.39, 0.29) is 11.7 Å². The second-order valence-electron chi connectivity index (χ2n) is 14.6. The fourth-order valence-corrected chi connectivity index (χ4v) is 7.52. The van der Waals surface area contributed by atoms with Gasteiger partial charge in [-0.3, -0.25) is 9.78 Å². The van der Waals surface area contributed by atoms with Crippen LogP contribution in [0.4, 0.5) is 10.1 Å². The quantitative estimate of drug-likeness (QED) is 0.188. The third-order valence-corrected chi connectivity index (χ3v) is 10.0. The van der Waals surface area contributed by atoms with Crippen molar-refractivity contribution in [2.24, 2.45) is 7.05 Å². The number of aryl methyl sites for hydroxylation is 2. The van der Waals surface area contributed by atoms with E-state index in [9.17, 15) is 14.7 Å². The number of para-hydroxylation sites is 1. The van der Waals surface area contributed by atoms with Crippen LogP contribution in [0.2, 0.25) is 0 Å². The third kappa shape index (κ3) is 6.49. The van der Waals surface area contributed by atoms with Gasteiger partial charge in [0.05, 0.1) is 17.9 Å². The highest BCUT2D eigenvalue weighted by Gasteiger charge is 2.35. The number of piperazine rings is 1. The molecule has 7 rings (SSSR count). The van der Waals surface area contributed by atoms with Crippen LogP contribution in [0.15, 0.2) is 60.8 Å². The molecule has 2 aliphatic rings. The molecule has 52 heavy (non-hydrogen) atoms. The van der Waals surface area contributed by atoms with E-state index in [0.717, 1.165) is 47.6 Å². The first kappa shape index (κ1) is 35.1. The molecular weight excluding hydrogens is 661 g/mol. The number of carbonyl (C=O) groups is 2. The van der Waals surface area contributed by atoms with Gasteiger partial charge in [0.1, 0.15) is 11.3 Å². The summed E-state index contributed by atoms with van der Waals surface area (Å²) in [5, 5.41) is 11.2. The average Bonchev–Trinajstić information content (AvgIpc) is 3.46. The summed E-state index contributed by atoms with van der Waals surface area (Å²) in [7, 11) is 1.88. The molecule has 10 nitrogen and oxygen atoms in total. The lowest BCUT2D eigenvalue weighted by molar-refractivity contribution is -0.160. The van der Waals surface area contributed by atoms with Crippen molar-refractivity contribution in [1.29, 1.82) is 0 Å². The van der Waals surface area contributed by atoms with Gasteiger partial charge in [0, 0.05) is 78.4 Å². The van der Waals surface area contributed by atoms with Gasteiger partial charge in [0.2, 0.25) is 0 Å². The molecule has 1 fully saturated rings. The minimum absolute atomic E-state index is 0.142. The molecule has 5 aromatic rings. The van der Waals surface area contributed by atoms with Crippen molar-refractivity contribution in [3.05, 3.63) is 94.7 Å². The number of carboxylic acids is 1. The van der Waals surface area contributed by atoms with Crippen LogP contribution >= 0.6 is 0 Å². The second kappa shape index (κ2) is 13.7. The van der Waals surface area contributed by atoms with Gasteiger partial charge in [-0.2, -0.15) is 0 Å². The average molecular weight is 706 g/mol. The van der Waals surface area contributed by atoms with Crippen molar-refractivity contribution in [3.8, 4) is 28.1 Å². The van der Waals surface area contributed by atoms with Gasteiger partial charge in [-0.05, 0) is 95.0 Å². The number of rotatable bonds is 7. The molecule has 1 atom stereocenters. The highest BCUT2D eigenvalue weighted by Crippen LogP contribution is 2.45. The Labute approximate surface area is 302 Å². The number of ether oxygens (including phenoxy) is 2. The summed E-state index contributed by atoms with van der Waals surface area (Å²) in [6, 6.07) is 17.2. The Morgan fingerprint density at radius 1 is 1.02 bits per heavy atom. The van der Waals surface area contributed by atoms with Gasteiger partial charge < -0.3 is 28.9 Å². The Kier molecular flexibility index (Phi) is 9.25. The molecule has 2 aromatic carbocycles. The molecule has 1 saturated heterocycles. The molecule has 3 aromatic heterocycles. The number of aromatic nitrogens is 3. The van der Waals surface area contributed by atoms with E-state index in [1.807, 2.05) is 53.8 Å². The number of anilines is 1. The van der Waals surface area contributed by atoms with Gasteiger partial charge in [0.15, 0.2) is 17.7 Å². The number of pyridine rings is 2. The molecule has 270 valence electrons. The molecule has 1 amide bonds. The monoisotopic (exact) mass is 705 g/mol. The van der Waals surface area contributed by atoms with E-state index in [1.165, 1.54) is 6.07 Å². The summed E-state index contributed by atoms with van der Waals surface area (Å²) >= 11 is 0. The van der Waals surface area contributed by atoms with Crippen LogP contribution in [0.3, 0.4) is 0 Å². The zero-order valence-electron chi connectivity index (χ0n) is 30.5. The molecule has 0 bridgehead atoms. The Balaban J connectivity index is 1.34. The Bertz CT molecular complexity index is 2180. The molecule has 0 saturated carbocycles. The van der Waals surface area contributed by atoms with Gasteiger partial charge in [-0.15, -0.1) is 0 Å². The highest BCUT2D eigenvalue weighted by molar-refractivity contribution is 6.02. The van der Waals surface area contributed by atoms with Crippen LogP contribution in [0.25, 0.3) is 33.4 Å². The maximum atomic E-state index is 15.9. The highest BCUT2D eigenvalue weighted by atomic mass is 19.1. The van der Waals surface area contributed by atoms with Crippen molar-refractivity contribution < 1.29 is 28.6 Å². The zero-order chi connectivity index (χ0) is 36.9. The summed E-state index contributed by atoms with van der Waals surface area (Å²) in [4.78, 5) is 40.2. The zero-order valence-corrected chi connectivity index (χ0v) is 30.5. The maximum Gasteiger partial charge on any atom is 0.337 e. The van der Waals surface area contributed by atoms with E-state index < -0.39 is 23.5 Å². The second-order valence-corrected chi connectivity index (χ2v) is 14.6. The number of carboxylic acid groups (broad SMARTS) is 1. The van der Waals surface area contributed by atoms with Crippen molar-refractivity contribution in [2.75, 3.05) is 37.7 Å². The number of hydrogen-bond acceptors (Lipinski definition) is 7. The summed E-state index contributed by atoms with van der Waals surface area (Å²) in [5.74, 6) is -1.55. The van der Waals surface area contributed by atoms with Crippen molar-refractivity contribution in [2.45, 2.75) is 59.2 Å². The molecule has 1 N–H and O–H groups in total. The Morgan fingerprint density at radius 3 is 2.44 bits per heavy atom. The summed E-state index contributed by atoms with van der Waals surface area (Å²) in [5.41, 5.74) is 6.27. The lowest BCUT2D eigenvalue weighted by atomic mass is 9.86. The molecule has 0 radical (unpaired) electrons. The summed E-state index contributed by atoms with van der Waals surface area (Å²) in [6.45, 7) is 12.1. The van der Waals surface area contributed by atoms with Gasteiger partial charge in [-0.1, -0.05) is 18.2 Å². The molecule has 0 unspecified atom stereocenters. The van der Waals surface area contributed by atoms with E-state index in [1.54, 1.807) is 40.0 Å². The molecular formula is C41H44FN5O5. The number of aliphatic carboxylic acids is 1. The number of halogens is 1. The van der Waals surface area contributed by atoms with Crippen LogP contribution in [-0.4, -0.2) is 74.8 Å². The van der Waals surface area contributed by atoms with Crippen LogP contribution < -0.4 is 9.64 Å². The predicted molar refractivity (Wildman–Crippen MR) is 198 cm³/mol. The Morgan fingerprint density at radius 2 is 1.75 bits per heavy atom. The standard InChI is InChI=1S/C41H44FN5O5/c1-24-28-13-10-20-51-36(28)31(42)22-29(24)35-30-23-33(45(6)38(30)44-25(2)34(35)37(40(49)50)52-41(3,4)5)26-14-15-43-32(21-26)39(48)47-18-16-46(17-19-47)27-11-8-7-9-12-27/h7-9,11-12,14-15,21-23,37H,10,13,16-20H2,1-6H3,(H,49,50)/t37-/m0/s1. The van der Waals surface area contributed by atoms with Crippen molar-refractivity contribution >= 4 is 28.6 Å². The fraction of sp³-hybridized carbons (Fsp3) is 0.366. The fourth-order valence-electron chi connectivity index (χ4n) is 7.52. The first-order valence-corrected chi connectivity index (χ1v) is 17.7. The van der Waals surface area contributed by atoms with Crippen LogP contribution in [-0.2, 0) is 23.0 Å². The van der Waals surface area contributed by atoms with Crippen LogP contribution in [0, 0.1) is 19.7 Å². The van der Waals surface area contributed by atoms with Gasteiger partial charge in [0.25, 0.3) is 5.91 Å². The summed E-state index contributed by atoms with van der Waals surface area (Å²) < 4.78 is 29.7. The van der Waals surface area contributed by atoms with Crippen molar-refractivity contribution in [1.82, 2.24) is 19.4 Å². The topological polar surface area (TPSA) is 110 Å². The van der Waals surface area contributed by atoms with Crippen LogP contribution in [0.1, 0.15) is 66.2 Å². The maximum absolute atomic E-state index is 15.9. The van der Waals surface area contributed by atoms with Gasteiger partial charge in [-0.25, -0.2) is 14.2 Å². The van der Waals surface area contributed by atoms with E-state index in [2.05, 4.69) is 22.0 Å². The summed E-state index contributed by atoms with van der Waals surface area (Å²) in [6.07, 6.45) is 1.65. The lowest BCUT2D eigenvalue weighted by Gasteiger charge is -2.36. The molecule has 0 spiro atoms. The number of benzene rings is 2. The normalized spacial score (nSPS) is 15.4. The Hall–Kier alpha value is -5.29. The number of hydrogen-bond donors (Lipinski definition) is 1. The molecule has 2 aliphatic heterocycles. The minimum Gasteiger partial charge on any atom is -0.490 e. The number of fused-ring (bicyclic) bond motifs is 2. The van der Waals surface area contributed by atoms with Crippen LogP contribution in [0.5, 0.6) is 5.75 Å². The lowest BCUT2D eigenvalue weighted by Crippen LogP contribution is -2.49. The number of carbonyl (C=O) groups excluding carboxylic acids is 1. The molecule has 5 heterocycles. The minimum atomic E-state index is -1.38. The third-order valence-electron chi connectivity index (χ3n) is 10.0. The molecule has 11 heteroatoms. The van der Waals surface area contributed by atoms with E-state index in [0.29, 0.717) is 65.2 Å². The molecule has 0 aliphatic carbocycles. The van der Waals surface area contributed by atoms with E-state index >= 15 is 4.39 Å². The van der Waals surface area contributed by atoms with Gasteiger partial charge >= 0.3 is 5.97 Å². The largest absolute Gasteiger partial charge is 0.490 e.